The molecular formula is C15H24ClN3O2S. The van der Waals surface area contributed by atoms with Gasteiger partial charge < -0.3 is 16.0 Å². The maximum atomic E-state index is 12.4. The summed E-state index contributed by atoms with van der Waals surface area (Å²) in [4.78, 5) is 26.9. The molecule has 2 rings (SSSR count). The second-order valence-electron chi connectivity index (χ2n) is 5.72. The highest BCUT2D eigenvalue weighted by Gasteiger charge is 2.29. The SMILES string of the molecule is CC(NC(=O)c1cccs1)C(=O)N1CCCC(C(C)N)C1.Cl. The van der Waals surface area contributed by atoms with Gasteiger partial charge in [-0.25, -0.2) is 0 Å². The standard InChI is InChI=1S/C15H23N3O2S.ClH/c1-10(16)12-5-3-7-18(9-12)15(20)11(2)17-14(19)13-6-4-8-21-13;/h4,6,8,10-12H,3,5,7,9,16H2,1-2H3,(H,17,19);1H. The minimum Gasteiger partial charge on any atom is -0.341 e. The fraction of sp³-hybridized carbons (Fsp3) is 0.600. The van der Waals surface area contributed by atoms with Crippen molar-refractivity contribution < 1.29 is 9.59 Å². The lowest BCUT2D eigenvalue weighted by Crippen LogP contribution is -2.51. The zero-order valence-corrected chi connectivity index (χ0v) is 14.6. The first-order valence-corrected chi connectivity index (χ1v) is 8.25. The van der Waals surface area contributed by atoms with Crippen LogP contribution in [0, 0.1) is 5.92 Å². The number of nitrogens with two attached hydrogens (primary N) is 1. The largest absolute Gasteiger partial charge is 0.341 e. The van der Waals surface area contributed by atoms with Crippen LogP contribution in [0.3, 0.4) is 0 Å². The highest BCUT2D eigenvalue weighted by Crippen LogP contribution is 2.19. The summed E-state index contributed by atoms with van der Waals surface area (Å²) >= 11 is 1.37. The van der Waals surface area contributed by atoms with Gasteiger partial charge in [-0.2, -0.15) is 0 Å². The van der Waals surface area contributed by atoms with E-state index in [0.29, 0.717) is 17.3 Å². The van der Waals surface area contributed by atoms with Crippen LogP contribution >= 0.6 is 23.7 Å². The van der Waals surface area contributed by atoms with Crippen molar-refractivity contribution in [1.29, 1.82) is 0 Å². The maximum Gasteiger partial charge on any atom is 0.261 e. The first-order chi connectivity index (χ1) is 9.99. The number of nitrogens with one attached hydrogen (secondary N) is 1. The summed E-state index contributed by atoms with van der Waals surface area (Å²) in [7, 11) is 0. The molecule has 7 heteroatoms. The van der Waals surface area contributed by atoms with Crippen LogP contribution in [0.2, 0.25) is 0 Å². The summed E-state index contributed by atoms with van der Waals surface area (Å²) in [5.74, 6) is 0.139. The molecule has 0 bridgehead atoms. The van der Waals surface area contributed by atoms with Crippen LogP contribution in [0.4, 0.5) is 0 Å². The van der Waals surface area contributed by atoms with Gasteiger partial charge in [0.1, 0.15) is 6.04 Å². The lowest BCUT2D eigenvalue weighted by Gasteiger charge is -2.36. The number of thiophene rings is 1. The summed E-state index contributed by atoms with van der Waals surface area (Å²) in [6.45, 7) is 5.17. The zero-order valence-electron chi connectivity index (χ0n) is 13.0. The Balaban J connectivity index is 0.00000242. The Labute approximate surface area is 141 Å². The number of carbonyl (C=O) groups is 2. The van der Waals surface area contributed by atoms with E-state index < -0.39 is 6.04 Å². The van der Waals surface area contributed by atoms with E-state index in [1.165, 1.54) is 11.3 Å². The van der Waals surface area contributed by atoms with E-state index in [4.69, 9.17) is 5.73 Å². The van der Waals surface area contributed by atoms with Crippen LogP contribution < -0.4 is 11.1 Å². The molecular weight excluding hydrogens is 322 g/mol. The summed E-state index contributed by atoms with van der Waals surface area (Å²) in [5, 5.41) is 4.62. The molecule has 0 aliphatic carbocycles. The average Bonchev–Trinajstić information content (AvgIpc) is 3.00. The molecule has 0 saturated carbocycles. The first-order valence-electron chi connectivity index (χ1n) is 7.37. The van der Waals surface area contributed by atoms with Crippen molar-refractivity contribution in [2.45, 2.75) is 38.8 Å². The quantitative estimate of drug-likeness (QED) is 0.874. The topological polar surface area (TPSA) is 75.4 Å². The van der Waals surface area contributed by atoms with Crippen molar-refractivity contribution >= 4 is 35.6 Å². The van der Waals surface area contributed by atoms with Crippen LogP contribution in [-0.4, -0.2) is 41.9 Å². The molecule has 0 radical (unpaired) electrons. The van der Waals surface area contributed by atoms with Gasteiger partial charge in [0.05, 0.1) is 4.88 Å². The molecule has 3 unspecified atom stereocenters. The molecule has 1 aromatic heterocycles. The van der Waals surface area contributed by atoms with Crippen molar-refractivity contribution in [2.24, 2.45) is 11.7 Å². The smallest absolute Gasteiger partial charge is 0.261 e. The number of rotatable bonds is 4. The van der Waals surface area contributed by atoms with Crippen LogP contribution in [0.5, 0.6) is 0 Å². The highest BCUT2D eigenvalue weighted by molar-refractivity contribution is 7.12. The second kappa shape index (κ2) is 8.50. The van der Waals surface area contributed by atoms with Gasteiger partial charge in [0.2, 0.25) is 5.91 Å². The van der Waals surface area contributed by atoms with Crippen molar-refractivity contribution in [2.75, 3.05) is 13.1 Å². The van der Waals surface area contributed by atoms with Crippen LogP contribution in [0.15, 0.2) is 17.5 Å². The predicted octanol–water partition coefficient (Wildman–Crippen LogP) is 1.87. The normalized spacial score (nSPS) is 20.7. The Morgan fingerprint density at radius 1 is 1.45 bits per heavy atom. The molecule has 1 saturated heterocycles. The molecule has 22 heavy (non-hydrogen) atoms. The highest BCUT2D eigenvalue weighted by atomic mass is 35.5. The Kier molecular flexibility index (Phi) is 7.32. The molecule has 1 fully saturated rings. The van der Waals surface area contributed by atoms with E-state index in [2.05, 4.69) is 5.32 Å². The van der Waals surface area contributed by atoms with Crippen molar-refractivity contribution in [3.05, 3.63) is 22.4 Å². The van der Waals surface area contributed by atoms with E-state index in [0.717, 1.165) is 19.4 Å². The van der Waals surface area contributed by atoms with Crippen LogP contribution in [-0.2, 0) is 4.79 Å². The molecule has 2 heterocycles. The van der Waals surface area contributed by atoms with Crippen LogP contribution in [0.25, 0.3) is 0 Å². The molecule has 1 aliphatic heterocycles. The van der Waals surface area contributed by atoms with Crippen molar-refractivity contribution in [3.8, 4) is 0 Å². The maximum absolute atomic E-state index is 12.4. The number of carbonyl (C=O) groups excluding carboxylic acids is 2. The van der Waals surface area contributed by atoms with Crippen LogP contribution in [0.1, 0.15) is 36.4 Å². The minimum atomic E-state index is -0.508. The third-order valence-electron chi connectivity index (χ3n) is 3.98. The van der Waals surface area contributed by atoms with Gasteiger partial charge >= 0.3 is 0 Å². The van der Waals surface area contributed by atoms with E-state index in [1.807, 2.05) is 23.3 Å². The molecule has 1 aliphatic rings. The Bertz CT molecular complexity index is 493. The molecule has 3 N–H and O–H groups in total. The molecule has 1 aromatic rings. The monoisotopic (exact) mass is 345 g/mol. The van der Waals surface area contributed by atoms with Gasteiger partial charge in [-0.15, -0.1) is 23.7 Å². The number of likely N-dealkylation sites (tertiary alicyclic amines) is 1. The number of halogens is 1. The van der Waals surface area contributed by atoms with Gasteiger partial charge in [0, 0.05) is 19.1 Å². The number of piperidine rings is 1. The summed E-state index contributed by atoms with van der Waals surface area (Å²) in [6.07, 6.45) is 2.04. The molecule has 3 atom stereocenters. The third-order valence-corrected chi connectivity index (χ3v) is 4.84. The average molecular weight is 346 g/mol. The Morgan fingerprint density at radius 2 is 2.18 bits per heavy atom. The number of hydrogen-bond donors (Lipinski definition) is 2. The number of nitrogens with zero attached hydrogens (tertiary/aromatic N) is 1. The lowest BCUT2D eigenvalue weighted by molar-refractivity contribution is -0.134. The Hall–Kier alpha value is -1.11. The molecule has 5 nitrogen and oxygen atoms in total. The molecule has 124 valence electrons. The fourth-order valence-electron chi connectivity index (χ4n) is 2.65. The fourth-order valence-corrected chi connectivity index (χ4v) is 3.28. The van der Waals surface area contributed by atoms with E-state index in [1.54, 1.807) is 13.0 Å². The van der Waals surface area contributed by atoms with Gasteiger partial charge in [0.25, 0.3) is 5.91 Å². The minimum absolute atomic E-state index is 0. The van der Waals surface area contributed by atoms with Gasteiger partial charge in [0.15, 0.2) is 0 Å². The molecule has 0 aromatic carbocycles. The predicted molar refractivity (Wildman–Crippen MR) is 91.4 cm³/mol. The van der Waals surface area contributed by atoms with Gasteiger partial charge in [-0.1, -0.05) is 6.07 Å². The third kappa shape index (κ3) is 4.69. The number of hydrogen-bond acceptors (Lipinski definition) is 4. The Morgan fingerprint density at radius 3 is 2.77 bits per heavy atom. The lowest BCUT2D eigenvalue weighted by atomic mass is 9.92. The number of amides is 2. The summed E-state index contributed by atoms with van der Waals surface area (Å²) < 4.78 is 0. The summed E-state index contributed by atoms with van der Waals surface area (Å²) in [6, 6.07) is 3.16. The van der Waals surface area contributed by atoms with Gasteiger partial charge in [-0.05, 0) is 44.1 Å². The summed E-state index contributed by atoms with van der Waals surface area (Å²) in [5.41, 5.74) is 5.94. The van der Waals surface area contributed by atoms with Gasteiger partial charge in [-0.3, -0.25) is 9.59 Å². The molecule has 0 spiro atoms. The first kappa shape index (κ1) is 18.9. The molecule has 2 amide bonds. The van der Waals surface area contributed by atoms with Crippen molar-refractivity contribution in [3.63, 3.8) is 0 Å². The van der Waals surface area contributed by atoms with E-state index in [9.17, 15) is 9.59 Å². The second-order valence-corrected chi connectivity index (χ2v) is 6.67. The van der Waals surface area contributed by atoms with Crippen molar-refractivity contribution in [1.82, 2.24) is 10.2 Å². The van der Waals surface area contributed by atoms with E-state index >= 15 is 0 Å². The van der Waals surface area contributed by atoms with E-state index in [-0.39, 0.29) is 30.3 Å². The zero-order chi connectivity index (χ0) is 15.4.